The zero-order chi connectivity index (χ0) is 11.0. The number of aliphatic hydroxyl groups is 1. The quantitative estimate of drug-likeness (QED) is 0.812. The van der Waals surface area contributed by atoms with Gasteiger partial charge in [-0.15, -0.1) is 5.10 Å². The summed E-state index contributed by atoms with van der Waals surface area (Å²) >= 11 is 0. The summed E-state index contributed by atoms with van der Waals surface area (Å²) in [7, 11) is 0. The van der Waals surface area contributed by atoms with Crippen LogP contribution in [0, 0.1) is 0 Å². The van der Waals surface area contributed by atoms with Crippen LogP contribution in [0.1, 0.15) is 37.4 Å². The summed E-state index contributed by atoms with van der Waals surface area (Å²) in [6.07, 6.45) is 7.15. The molecule has 0 radical (unpaired) electrons. The Morgan fingerprint density at radius 1 is 1.31 bits per heavy atom. The van der Waals surface area contributed by atoms with Crippen LogP contribution in [-0.2, 0) is 6.61 Å². The lowest BCUT2D eigenvalue weighted by Crippen LogP contribution is -2.38. The van der Waals surface area contributed by atoms with Crippen molar-refractivity contribution < 1.29 is 5.11 Å². The van der Waals surface area contributed by atoms with Crippen molar-refractivity contribution in [1.82, 2.24) is 19.9 Å². The molecule has 3 rings (SSSR count). The standard InChI is InChI=1S/C11H18N4O/c16-8-9-6-15(13-12-9)11-4-5-14(7-11)10-2-1-3-10/h6,10-11,16H,1-5,7-8H2. The van der Waals surface area contributed by atoms with E-state index in [0.717, 1.165) is 19.0 Å². The van der Waals surface area contributed by atoms with E-state index in [4.69, 9.17) is 5.11 Å². The van der Waals surface area contributed by atoms with Crippen LogP contribution in [0.2, 0.25) is 0 Å². The summed E-state index contributed by atoms with van der Waals surface area (Å²) < 4.78 is 1.92. The fraction of sp³-hybridized carbons (Fsp3) is 0.818. The highest BCUT2D eigenvalue weighted by Gasteiger charge is 2.32. The number of nitrogens with zero attached hydrogens (tertiary/aromatic N) is 4. The summed E-state index contributed by atoms with van der Waals surface area (Å²) in [5.74, 6) is 0. The van der Waals surface area contributed by atoms with Crippen LogP contribution in [-0.4, -0.2) is 44.1 Å². The third-order valence-corrected chi connectivity index (χ3v) is 3.88. The van der Waals surface area contributed by atoms with Gasteiger partial charge in [0.15, 0.2) is 0 Å². The van der Waals surface area contributed by atoms with E-state index in [1.165, 1.54) is 25.8 Å². The largest absolute Gasteiger partial charge is 0.390 e. The molecule has 0 bridgehead atoms. The molecule has 0 aromatic carbocycles. The molecule has 1 aliphatic carbocycles. The summed E-state index contributed by atoms with van der Waals surface area (Å²) in [6.45, 7) is 2.27. The highest BCUT2D eigenvalue weighted by molar-refractivity contribution is 4.94. The fourth-order valence-electron chi connectivity index (χ4n) is 2.63. The lowest BCUT2D eigenvalue weighted by molar-refractivity contribution is 0.153. The number of hydrogen-bond donors (Lipinski definition) is 1. The second-order valence-electron chi connectivity index (χ2n) is 4.87. The van der Waals surface area contributed by atoms with Crippen LogP contribution in [0.25, 0.3) is 0 Å². The van der Waals surface area contributed by atoms with Gasteiger partial charge in [-0.05, 0) is 19.3 Å². The number of likely N-dealkylation sites (tertiary alicyclic amines) is 1. The number of aliphatic hydroxyl groups excluding tert-OH is 1. The lowest BCUT2D eigenvalue weighted by Gasteiger charge is -2.34. The maximum atomic E-state index is 8.95. The minimum Gasteiger partial charge on any atom is -0.390 e. The first-order valence-corrected chi connectivity index (χ1v) is 6.12. The Morgan fingerprint density at radius 3 is 2.81 bits per heavy atom. The Balaban J connectivity index is 1.63. The van der Waals surface area contributed by atoms with Gasteiger partial charge in [-0.3, -0.25) is 4.90 Å². The zero-order valence-corrected chi connectivity index (χ0v) is 9.42. The SMILES string of the molecule is OCc1cn(C2CCN(C3CCC3)C2)nn1. The Hall–Kier alpha value is -0.940. The van der Waals surface area contributed by atoms with Crippen molar-refractivity contribution in [1.29, 1.82) is 0 Å². The summed E-state index contributed by atoms with van der Waals surface area (Å²) in [6, 6.07) is 1.28. The van der Waals surface area contributed by atoms with E-state index in [1.807, 2.05) is 10.9 Å². The Kier molecular flexibility index (Phi) is 2.65. The van der Waals surface area contributed by atoms with Gasteiger partial charge in [0.25, 0.3) is 0 Å². The van der Waals surface area contributed by atoms with Crippen molar-refractivity contribution in [3.05, 3.63) is 11.9 Å². The molecule has 1 aromatic heterocycles. The lowest BCUT2D eigenvalue weighted by atomic mass is 9.92. The van der Waals surface area contributed by atoms with Gasteiger partial charge in [0.05, 0.1) is 18.8 Å². The van der Waals surface area contributed by atoms with Crippen LogP contribution in [0.15, 0.2) is 6.20 Å². The monoisotopic (exact) mass is 222 g/mol. The van der Waals surface area contributed by atoms with Crippen molar-refractivity contribution in [2.24, 2.45) is 0 Å². The molecule has 0 spiro atoms. The van der Waals surface area contributed by atoms with Crippen LogP contribution >= 0.6 is 0 Å². The van der Waals surface area contributed by atoms with E-state index in [9.17, 15) is 0 Å². The van der Waals surface area contributed by atoms with Gasteiger partial charge < -0.3 is 5.11 Å². The van der Waals surface area contributed by atoms with Crippen molar-refractivity contribution in [3.63, 3.8) is 0 Å². The summed E-state index contributed by atoms with van der Waals surface area (Å²) in [5.41, 5.74) is 0.669. The van der Waals surface area contributed by atoms with Crippen LogP contribution in [0.3, 0.4) is 0 Å². The number of rotatable bonds is 3. The normalized spacial score (nSPS) is 27.2. The smallest absolute Gasteiger partial charge is 0.108 e. The first-order chi connectivity index (χ1) is 7.86. The molecule has 2 heterocycles. The van der Waals surface area contributed by atoms with Gasteiger partial charge >= 0.3 is 0 Å². The number of hydrogen-bond acceptors (Lipinski definition) is 4. The Morgan fingerprint density at radius 2 is 2.19 bits per heavy atom. The van der Waals surface area contributed by atoms with Crippen molar-refractivity contribution >= 4 is 0 Å². The van der Waals surface area contributed by atoms with Gasteiger partial charge in [0.2, 0.25) is 0 Å². The minimum atomic E-state index is -0.0148. The predicted molar refractivity (Wildman–Crippen MR) is 58.8 cm³/mol. The van der Waals surface area contributed by atoms with Gasteiger partial charge in [-0.2, -0.15) is 0 Å². The molecule has 0 amide bonds. The molecular weight excluding hydrogens is 204 g/mol. The first kappa shape index (κ1) is 10.2. The fourth-order valence-corrected chi connectivity index (χ4v) is 2.63. The molecular formula is C11H18N4O. The topological polar surface area (TPSA) is 54.2 Å². The summed E-state index contributed by atoms with van der Waals surface area (Å²) in [4.78, 5) is 2.58. The van der Waals surface area contributed by atoms with E-state index in [1.54, 1.807) is 0 Å². The number of aromatic nitrogens is 3. The maximum Gasteiger partial charge on any atom is 0.108 e. The van der Waals surface area contributed by atoms with Gasteiger partial charge in [0.1, 0.15) is 5.69 Å². The van der Waals surface area contributed by atoms with Gasteiger partial charge in [-0.1, -0.05) is 11.6 Å². The maximum absolute atomic E-state index is 8.95. The molecule has 1 saturated heterocycles. The second kappa shape index (κ2) is 4.14. The molecule has 1 aromatic rings. The predicted octanol–water partition coefficient (Wildman–Crippen LogP) is 0.570. The van der Waals surface area contributed by atoms with Gasteiger partial charge in [-0.25, -0.2) is 4.68 Å². The van der Waals surface area contributed by atoms with Crippen molar-refractivity contribution in [3.8, 4) is 0 Å². The van der Waals surface area contributed by atoms with E-state index >= 15 is 0 Å². The summed E-state index contributed by atoms with van der Waals surface area (Å²) in [5, 5.41) is 17.0. The van der Waals surface area contributed by atoms with Crippen LogP contribution in [0.4, 0.5) is 0 Å². The van der Waals surface area contributed by atoms with E-state index < -0.39 is 0 Å². The van der Waals surface area contributed by atoms with E-state index in [-0.39, 0.29) is 6.61 Å². The molecule has 2 fully saturated rings. The average molecular weight is 222 g/mol. The van der Waals surface area contributed by atoms with E-state index in [0.29, 0.717) is 11.7 Å². The zero-order valence-electron chi connectivity index (χ0n) is 9.42. The minimum absolute atomic E-state index is 0.0148. The molecule has 1 aliphatic heterocycles. The second-order valence-corrected chi connectivity index (χ2v) is 4.87. The van der Waals surface area contributed by atoms with Crippen LogP contribution in [0.5, 0.6) is 0 Å². The van der Waals surface area contributed by atoms with E-state index in [2.05, 4.69) is 15.2 Å². The third kappa shape index (κ3) is 1.74. The molecule has 1 saturated carbocycles. The average Bonchev–Trinajstić information content (AvgIpc) is 2.81. The molecule has 2 aliphatic rings. The molecule has 1 unspecified atom stereocenters. The molecule has 1 N–H and O–H groups in total. The molecule has 16 heavy (non-hydrogen) atoms. The van der Waals surface area contributed by atoms with Crippen LogP contribution < -0.4 is 0 Å². The van der Waals surface area contributed by atoms with Crippen molar-refractivity contribution in [2.75, 3.05) is 13.1 Å². The molecule has 5 nitrogen and oxygen atoms in total. The molecule has 5 heteroatoms. The van der Waals surface area contributed by atoms with Crippen molar-refractivity contribution in [2.45, 2.75) is 44.4 Å². The Bertz CT molecular complexity index is 361. The third-order valence-electron chi connectivity index (χ3n) is 3.88. The molecule has 88 valence electrons. The molecule has 1 atom stereocenters. The highest BCUT2D eigenvalue weighted by Crippen LogP contribution is 2.31. The van der Waals surface area contributed by atoms with Gasteiger partial charge in [0, 0.05) is 19.1 Å². The first-order valence-electron chi connectivity index (χ1n) is 6.12. The Labute approximate surface area is 95.1 Å². The highest BCUT2D eigenvalue weighted by atomic mass is 16.3.